The van der Waals surface area contributed by atoms with Gasteiger partial charge in [-0.15, -0.1) is 0 Å². The number of hydrogen-bond donors (Lipinski definition) is 2. The van der Waals surface area contributed by atoms with Gasteiger partial charge in [0.15, 0.2) is 6.10 Å². The Balaban J connectivity index is 2.29. The van der Waals surface area contributed by atoms with E-state index in [4.69, 9.17) is 9.47 Å². The number of carbonyl (C=O) groups excluding carboxylic acids is 2. The first kappa shape index (κ1) is 15.3. The van der Waals surface area contributed by atoms with Gasteiger partial charge in [0.25, 0.3) is 0 Å². The highest BCUT2D eigenvalue weighted by molar-refractivity contribution is 5.79. The van der Waals surface area contributed by atoms with Crippen molar-refractivity contribution in [3.05, 3.63) is 0 Å². The first-order valence-corrected chi connectivity index (χ1v) is 6.95. The molecule has 1 aliphatic carbocycles. The van der Waals surface area contributed by atoms with Crippen molar-refractivity contribution in [3.8, 4) is 0 Å². The quantitative estimate of drug-likeness (QED) is 0.683. The molecule has 1 heterocycles. The fourth-order valence-corrected chi connectivity index (χ4v) is 3.12. The summed E-state index contributed by atoms with van der Waals surface area (Å²) in [6.45, 7) is 4.89. The molecular weight excluding hydrogens is 264 g/mol. The Labute approximate surface area is 118 Å². The summed E-state index contributed by atoms with van der Waals surface area (Å²) in [4.78, 5) is 23.3. The number of ether oxygens (including phenoxy) is 2. The van der Waals surface area contributed by atoms with Gasteiger partial charge in [-0.1, -0.05) is 0 Å². The lowest BCUT2D eigenvalue weighted by molar-refractivity contribution is -0.229. The molecule has 2 rings (SSSR count). The minimum Gasteiger partial charge on any atom is -0.455 e. The molecule has 1 saturated carbocycles. The molecule has 0 aromatic carbocycles. The average molecular weight is 286 g/mol. The molecule has 4 unspecified atom stereocenters. The highest BCUT2D eigenvalue weighted by Gasteiger charge is 2.54. The predicted octanol–water partition coefficient (Wildman–Crippen LogP) is 0.536. The molecule has 2 aliphatic rings. The van der Waals surface area contributed by atoms with E-state index in [0.29, 0.717) is 12.8 Å². The van der Waals surface area contributed by atoms with E-state index < -0.39 is 41.3 Å². The molecule has 6 nitrogen and oxygen atoms in total. The van der Waals surface area contributed by atoms with Crippen molar-refractivity contribution < 1.29 is 29.3 Å². The summed E-state index contributed by atoms with van der Waals surface area (Å²) in [7, 11) is 0. The Morgan fingerprint density at radius 1 is 1.25 bits per heavy atom. The van der Waals surface area contributed by atoms with Crippen LogP contribution in [0.3, 0.4) is 0 Å². The molecule has 1 aliphatic heterocycles. The van der Waals surface area contributed by atoms with E-state index in [9.17, 15) is 19.8 Å². The summed E-state index contributed by atoms with van der Waals surface area (Å²) in [5, 5.41) is 20.6. The van der Waals surface area contributed by atoms with E-state index >= 15 is 0 Å². The summed E-state index contributed by atoms with van der Waals surface area (Å²) in [6, 6.07) is 0. The molecule has 4 atom stereocenters. The largest absolute Gasteiger partial charge is 0.455 e. The molecule has 20 heavy (non-hydrogen) atoms. The summed E-state index contributed by atoms with van der Waals surface area (Å²) in [5.74, 6) is -1.41. The third-order valence-corrected chi connectivity index (χ3v) is 4.32. The van der Waals surface area contributed by atoms with Crippen molar-refractivity contribution in [2.24, 2.45) is 5.92 Å². The normalized spacial score (nSPS) is 39.1. The number of carbonyl (C=O) groups is 2. The summed E-state index contributed by atoms with van der Waals surface area (Å²) in [6.07, 6.45) is -1.14. The van der Waals surface area contributed by atoms with Crippen molar-refractivity contribution in [3.63, 3.8) is 0 Å². The van der Waals surface area contributed by atoms with E-state index in [2.05, 4.69) is 0 Å². The molecule has 6 heteroatoms. The molecule has 0 aromatic heterocycles. The van der Waals surface area contributed by atoms with Crippen molar-refractivity contribution in [2.75, 3.05) is 0 Å². The lowest BCUT2D eigenvalue weighted by atomic mass is 9.69. The molecular formula is C14H22O6. The van der Waals surface area contributed by atoms with Crippen LogP contribution in [0.1, 0.15) is 46.5 Å². The van der Waals surface area contributed by atoms with Gasteiger partial charge in [-0.2, -0.15) is 0 Å². The second kappa shape index (κ2) is 5.00. The van der Waals surface area contributed by atoms with Crippen LogP contribution in [0.5, 0.6) is 0 Å². The predicted molar refractivity (Wildman–Crippen MR) is 68.6 cm³/mol. The number of hydrogen-bond acceptors (Lipinski definition) is 6. The summed E-state index contributed by atoms with van der Waals surface area (Å²) >= 11 is 0. The Bertz CT molecular complexity index is 412. The Morgan fingerprint density at radius 3 is 2.45 bits per heavy atom. The van der Waals surface area contributed by atoms with Crippen molar-refractivity contribution in [1.82, 2.24) is 0 Å². The second-order valence-electron chi connectivity index (χ2n) is 6.49. The molecule has 0 spiro atoms. The van der Waals surface area contributed by atoms with Crippen molar-refractivity contribution >= 4 is 11.9 Å². The molecule has 0 amide bonds. The van der Waals surface area contributed by atoms with E-state index in [1.807, 2.05) is 0 Å². The number of rotatable bonds is 1. The summed E-state index contributed by atoms with van der Waals surface area (Å²) < 4.78 is 10.7. The van der Waals surface area contributed by atoms with E-state index in [0.717, 1.165) is 0 Å². The lowest BCUT2D eigenvalue weighted by Crippen LogP contribution is -2.61. The van der Waals surface area contributed by atoms with Gasteiger partial charge in [-0.3, -0.25) is 9.59 Å². The standard InChI is InChI=1S/C14H22O6/c1-13(2,18)8-6-7-14(3)12(11(8)17)19-9(15)4-5-10(16)20-14/h8,11-12,17-18H,4-7H2,1-3H3. The van der Waals surface area contributed by atoms with E-state index in [-0.39, 0.29) is 12.8 Å². The maximum absolute atomic E-state index is 11.7. The van der Waals surface area contributed by atoms with Gasteiger partial charge in [0.05, 0.1) is 18.4 Å². The van der Waals surface area contributed by atoms with Crippen LogP contribution in [0.4, 0.5) is 0 Å². The fraction of sp³-hybridized carbons (Fsp3) is 0.857. The lowest BCUT2D eigenvalue weighted by Gasteiger charge is -2.49. The zero-order valence-corrected chi connectivity index (χ0v) is 12.1. The SMILES string of the molecule is CC(C)(O)C1CCC2(C)OC(=O)CCC(=O)OC2C1O. The maximum atomic E-state index is 11.7. The van der Waals surface area contributed by atoms with Crippen LogP contribution in [0.2, 0.25) is 0 Å². The number of aliphatic hydroxyl groups is 2. The molecule has 0 aromatic rings. The third kappa shape index (κ3) is 2.81. The van der Waals surface area contributed by atoms with E-state index in [1.54, 1.807) is 20.8 Å². The van der Waals surface area contributed by atoms with Gasteiger partial charge < -0.3 is 19.7 Å². The van der Waals surface area contributed by atoms with Gasteiger partial charge in [0.1, 0.15) is 11.7 Å². The summed E-state index contributed by atoms with van der Waals surface area (Å²) in [5.41, 5.74) is -2.13. The van der Waals surface area contributed by atoms with Crippen molar-refractivity contribution in [1.29, 1.82) is 0 Å². The van der Waals surface area contributed by atoms with Crippen molar-refractivity contribution in [2.45, 2.75) is 69.9 Å². The Hall–Kier alpha value is -1.14. The first-order valence-electron chi connectivity index (χ1n) is 6.95. The van der Waals surface area contributed by atoms with Gasteiger partial charge in [0, 0.05) is 5.92 Å². The molecule has 0 radical (unpaired) electrons. The molecule has 2 fully saturated rings. The molecule has 114 valence electrons. The zero-order valence-electron chi connectivity index (χ0n) is 12.1. The Morgan fingerprint density at radius 2 is 1.85 bits per heavy atom. The highest BCUT2D eigenvalue weighted by Crippen LogP contribution is 2.42. The minimum atomic E-state index is -1.10. The van der Waals surface area contributed by atoms with Crippen LogP contribution in [0.15, 0.2) is 0 Å². The maximum Gasteiger partial charge on any atom is 0.307 e. The zero-order chi connectivity index (χ0) is 15.1. The highest BCUT2D eigenvalue weighted by atomic mass is 16.6. The topological polar surface area (TPSA) is 93.1 Å². The minimum absolute atomic E-state index is 0.00778. The fourth-order valence-electron chi connectivity index (χ4n) is 3.12. The molecule has 2 N–H and O–H groups in total. The van der Waals surface area contributed by atoms with Crippen LogP contribution in [0.25, 0.3) is 0 Å². The second-order valence-corrected chi connectivity index (χ2v) is 6.49. The monoisotopic (exact) mass is 286 g/mol. The van der Waals surface area contributed by atoms with Gasteiger partial charge in [0.2, 0.25) is 0 Å². The van der Waals surface area contributed by atoms with Crippen LogP contribution in [-0.4, -0.2) is 45.6 Å². The number of esters is 2. The van der Waals surface area contributed by atoms with Crippen LogP contribution in [-0.2, 0) is 19.1 Å². The van der Waals surface area contributed by atoms with Gasteiger partial charge in [-0.05, 0) is 33.6 Å². The van der Waals surface area contributed by atoms with E-state index in [1.165, 1.54) is 0 Å². The van der Waals surface area contributed by atoms with Gasteiger partial charge >= 0.3 is 11.9 Å². The molecule has 0 bridgehead atoms. The number of fused-ring (bicyclic) bond motifs is 1. The van der Waals surface area contributed by atoms with Crippen LogP contribution >= 0.6 is 0 Å². The van der Waals surface area contributed by atoms with Crippen LogP contribution < -0.4 is 0 Å². The first-order chi connectivity index (χ1) is 9.13. The Kier molecular flexibility index (Phi) is 3.81. The smallest absolute Gasteiger partial charge is 0.307 e. The molecule has 1 saturated heterocycles. The van der Waals surface area contributed by atoms with Crippen LogP contribution in [0, 0.1) is 5.92 Å². The third-order valence-electron chi connectivity index (χ3n) is 4.32. The van der Waals surface area contributed by atoms with Gasteiger partial charge in [-0.25, -0.2) is 0 Å². The number of aliphatic hydroxyl groups excluding tert-OH is 1. The average Bonchev–Trinajstić information content (AvgIpc) is 2.28.